The molecule has 2 atom stereocenters. The van der Waals surface area contributed by atoms with Gasteiger partial charge in [-0.2, -0.15) is 0 Å². The highest BCUT2D eigenvalue weighted by Crippen LogP contribution is 2.33. The van der Waals surface area contributed by atoms with Gasteiger partial charge in [0.05, 0.1) is 12.1 Å². The van der Waals surface area contributed by atoms with Crippen molar-refractivity contribution in [3.8, 4) is 0 Å². The van der Waals surface area contributed by atoms with Crippen LogP contribution in [-0.4, -0.2) is 11.2 Å². The van der Waals surface area contributed by atoms with Gasteiger partial charge >= 0.3 is 0 Å². The van der Waals surface area contributed by atoms with E-state index in [0.29, 0.717) is 5.92 Å². The molecule has 0 radical (unpaired) electrons. The third-order valence-electron chi connectivity index (χ3n) is 3.80. The second-order valence-electron chi connectivity index (χ2n) is 4.92. The van der Waals surface area contributed by atoms with Crippen LogP contribution in [0.2, 0.25) is 0 Å². The molecule has 88 valence electrons. The van der Waals surface area contributed by atoms with Crippen molar-refractivity contribution < 1.29 is 5.11 Å². The number of benzene rings is 1. The Morgan fingerprint density at radius 1 is 1.25 bits per heavy atom. The van der Waals surface area contributed by atoms with Gasteiger partial charge in [-0.1, -0.05) is 37.1 Å². The van der Waals surface area contributed by atoms with Crippen LogP contribution >= 0.6 is 0 Å². The normalized spacial score (nSPS) is 20.9. The Morgan fingerprint density at radius 2 is 1.88 bits per heavy atom. The van der Waals surface area contributed by atoms with Crippen molar-refractivity contribution in [2.75, 3.05) is 0 Å². The van der Waals surface area contributed by atoms with Crippen LogP contribution in [0.5, 0.6) is 0 Å². The molecule has 1 aliphatic rings. The first kappa shape index (κ1) is 11.6. The zero-order chi connectivity index (χ0) is 11.5. The lowest BCUT2D eigenvalue weighted by atomic mass is 9.89. The van der Waals surface area contributed by atoms with Gasteiger partial charge in [0.25, 0.3) is 0 Å². The Balaban J connectivity index is 2.11. The molecule has 2 heteroatoms. The summed E-state index contributed by atoms with van der Waals surface area (Å²) in [6.45, 7) is 2.05. The van der Waals surface area contributed by atoms with Crippen LogP contribution in [0, 0.1) is 12.8 Å². The maximum atomic E-state index is 10.3. The molecule has 0 aromatic heterocycles. The Kier molecular flexibility index (Phi) is 3.62. The lowest BCUT2D eigenvalue weighted by Gasteiger charge is -2.25. The fourth-order valence-electron chi connectivity index (χ4n) is 2.74. The molecule has 2 rings (SSSR count). The minimum absolute atomic E-state index is 0.232. The number of hydrogen-bond acceptors (Lipinski definition) is 2. The van der Waals surface area contributed by atoms with Gasteiger partial charge in [0, 0.05) is 0 Å². The molecule has 1 aromatic rings. The van der Waals surface area contributed by atoms with Gasteiger partial charge in [0.15, 0.2) is 0 Å². The Bertz CT molecular complexity index is 344. The summed E-state index contributed by atoms with van der Waals surface area (Å²) in [5.41, 5.74) is 8.43. The first-order valence-electron chi connectivity index (χ1n) is 6.19. The van der Waals surface area contributed by atoms with E-state index in [9.17, 15) is 5.11 Å². The Hall–Kier alpha value is -0.860. The average Bonchev–Trinajstić information content (AvgIpc) is 2.81. The number of aryl methyl sites for hydroxylation is 1. The van der Waals surface area contributed by atoms with Gasteiger partial charge < -0.3 is 10.8 Å². The quantitative estimate of drug-likeness (QED) is 0.820. The molecule has 1 aliphatic carbocycles. The number of aliphatic hydroxyl groups excluding tert-OH is 1. The summed E-state index contributed by atoms with van der Waals surface area (Å²) in [5.74, 6) is 0.398. The van der Waals surface area contributed by atoms with E-state index in [2.05, 4.69) is 13.0 Å². The SMILES string of the molecule is Cc1ccccc1[C@@H](N)[C@@H](O)C1CCCC1. The van der Waals surface area contributed by atoms with Crippen molar-refractivity contribution in [3.63, 3.8) is 0 Å². The predicted octanol–water partition coefficient (Wildman–Crippen LogP) is 2.55. The van der Waals surface area contributed by atoms with Crippen LogP contribution in [0.4, 0.5) is 0 Å². The Morgan fingerprint density at radius 3 is 2.50 bits per heavy atom. The van der Waals surface area contributed by atoms with Crippen molar-refractivity contribution in [1.82, 2.24) is 0 Å². The van der Waals surface area contributed by atoms with Gasteiger partial charge in [0.1, 0.15) is 0 Å². The average molecular weight is 219 g/mol. The van der Waals surface area contributed by atoms with Gasteiger partial charge in [0.2, 0.25) is 0 Å². The summed E-state index contributed by atoms with van der Waals surface area (Å²) in [4.78, 5) is 0. The second kappa shape index (κ2) is 4.98. The fourth-order valence-corrected chi connectivity index (χ4v) is 2.74. The smallest absolute Gasteiger partial charge is 0.0760 e. The van der Waals surface area contributed by atoms with Gasteiger partial charge in [-0.3, -0.25) is 0 Å². The van der Waals surface area contributed by atoms with E-state index < -0.39 is 0 Å². The molecule has 0 amide bonds. The number of aliphatic hydroxyl groups is 1. The monoisotopic (exact) mass is 219 g/mol. The van der Waals surface area contributed by atoms with Crippen molar-refractivity contribution >= 4 is 0 Å². The molecule has 3 N–H and O–H groups in total. The van der Waals surface area contributed by atoms with Crippen molar-refractivity contribution in [1.29, 1.82) is 0 Å². The highest BCUT2D eigenvalue weighted by atomic mass is 16.3. The van der Waals surface area contributed by atoms with Crippen LogP contribution in [0.25, 0.3) is 0 Å². The number of nitrogens with two attached hydrogens (primary N) is 1. The molecule has 1 fully saturated rings. The molecular weight excluding hydrogens is 198 g/mol. The van der Waals surface area contributed by atoms with Gasteiger partial charge in [-0.15, -0.1) is 0 Å². The van der Waals surface area contributed by atoms with E-state index in [1.54, 1.807) is 0 Å². The second-order valence-corrected chi connectivity index (χ2v) is 4.92. The zero-order valence-electron chi connectivity index (χ0n) is 9.89. The van der Waals surface area contributed by atoms with E-state index in [1.165, 1.54) is 18.4 Å². The van der Waals surface area contributed by atoms with E-state index in [-0.39, 0.29) is 12.1 Å². The van der Waals surface area contributed by atoms with Crippen molar-refractivity contribution in [2.24, 2.45) is 11.7 Å². The van der Waals surface area contributed by atoms with E-state index >= 15 is 0 Å². The van der Waals surface area contributed by atoms with Crippen LogP contribution in [0.3, 0.4) is 0 Å². The molecule has 1 saturated carbocycles. The predicted molar refractivity (Wildman–Crippen MR) is 66.1 cm³/mol. The Labute approximate surface area is 97.5 Å². The zero-order valence-corrected chi connectivity index (χ0v) is 9.89. The summed E-state index contributed by atoms with van der Waals surface area (Å²) < 4.78 is 0. The summed E-state index contributed by atoms with van der Waals surface area (Å²) in [5, 5.41) is 10.3. The summed E-state index contributed by atoms with van der Waals surface area (Å²) in [6.07, 6.45) is 4.34. The summed E-state index contributed by atoms with van der Waals surface area (Å²) >= 11 is 0. The van der Waals surface area contributed by atoms with E-state index in [4.69, 9.17) is 5.73 Å². The maximum absolute atomic E-state index is 10.3. The molecule has 1 aromatic carbocycles. The third kappa shape index (κ3) is 2.28. The maximum Gasteiger partial charge on any atom is 0.0760 e. The highest BCUT2D eigenvalue weighted by Gasteiger charge is 2.29. The largest absolute Gasteiger partial charge is 0.391 e. The lowest BCUT2D eigenvalue weighted by Crippen LogP contribution is -2.32. The first-order chi connectivity index (χ1) is 7.70. The van der Waals surface area contributed by atoms with Crippen LogP contribution < -0.4 is 5.73 Å². The van der Waals surface area contributed by atoms with Crippen LogP contribution in [0.15, 0.2) is 24.3 Å². The van der Waals surface area contributed by atoms with E-state index in [0.717, 1.165) is 18.4 Å². The molecule has 0 aliphatic heterocycles. The molecular formula is C14H21NO. The minimum atomic E-state index is -0.386. The topological polar surface area (TPSA) is 46.2 Å². The van der Waals surface area contributed by atoms with Gasteiger partial charge in [-0.25, -0.2) is 0 Å². The molecule has 0 unspecified atom stereocenters. The summed E-state index contributed by atoms with van der Waals surface area (Å²) in [6, 6.07) is 7.84. The van der Waals surface area contributed by atoms with Crippen LogP contribution in [-0.2, 0) is 0 Å². The molecule has 0 bridgehead atoms. The van der Waals surface area contributed by atoms with E-state index in [1.807, 2.05) is 18.2 Å². The molecule has 2 nitrogen and oxygen atoms in total. The first-order valence-corrected chi connectivity index (χ1v) is 6.19. The van der Waals surface area contributed by atoms with Crippen LogP contribution in [0.1, 0.15) is 42.9 Å². The highest BCUT2D eigenvalue weighted by molar-refractivity contribution is 5.29. The molecule has 0 heterocycles. The molecule has 0 spiro atoms. The third-order valence-corrected chi connectivity index (χ3v) is 3.80. The van der Waals surface area contributed by atoms with Gasteiger partial charge in [-0.05, 0) is 36.8 Å². The molecule has 16 heavy (non-hydrogen) atoms. The summed E-state index contributed by atoms with van der Waals surface area (Å²) in [7, 11) is 0. The standard InChI is InChI=1S/C14H21NO/c1-10-6-2-5-9-12(10)13(15)14(16)11-7-3-4-8-11/h2,5-6,9,11,13-14,16H,3-4,7-8,15H2,1H3/t13-,14+/m1/s1. The molecule has 0 saturated heterocycles. The lowest BCUT2D eigenvalue weighted by molar-refractivity contribution is 0.0843. The van der Waals surface area contributed by atoms with Crippen molar-refractivity contribution in [2.45, 2.75) is 44.8 Å². The minimum Gasteiger partial charge on any atom is -0.391 e. The van der Waals surface area contributed by atoms with Crippen molar-refractivity contribution in [3.05, 3.63) is 35.4 Å². The number of rotatable bonds is 3. The number of hydrogen-bond donors (Lipinski definition) is 2. The fraction of sp³-hybridized carbons (Fsp3) is 0.571.